The molecule has 120 valence electrons. The van der Waals surface area contributed by atoms with Gasteiger partial charge >= 0.3 is 0 Å². The maximum absolute atomic E-state index is 14.3. The second-order valence-electron chi connectivity index (χ2n) is 4.48. The second kappa shape index (κ2) is 6.12. The molecule has 23 heavy (non-hydrogen) atoms. The number of aromatic nitrogens is 1. The minimum absolute atomic E-state index is 0.0371. The van der Waals surface area contributed by atoms with Gasteiger partial charge < -0.3 is 4.90 Å². The van der Waals surface area contributed by atoms with Crippen molar-refractivity contribution in [1.82, 2.24) is 4.98 Å². The van der Waals surface area contributed by atoms with Crippen LogP contribution in [0.1, 0.15) is 5.56 Å². The summed E-state index contributed by atoms with van der Waals surface area (Å²) in [5.41, 5.74) is -0.737. The van der Waals surface area contributed by atoms with E-state index in [0.717, 1.165) is 23.1 Å². The van der Waals surface area contributed by atoms with Crippen LogP contribution < -0.4 is 10.0 Å². The number of nitrogens with two attached hydrogens (primary N) is 1. The van der Waals surface area contributed by atoms with E-state index in [1.807, 2.05) is 5.92 Å². The van der Waals surface area contributed by atoms with Crippen LogP contribution >= 0.6 is 11.6 Å². The third kappa shape index (κ3) is 3.27. The average molecular weight is 358 g/mol. The Hall–Kier alpha value is -2.21. The first-order valence-electron chi connectivity index (χ1n) is 6.03. The minimum Gasteiger partial charge on any atom is -0.326 e. The molecule has 5 nitrogen and oxygen atoms in total. The zero-order chi connectivity index (χ0) is 17.4. The molecular weight excluding hydrogens is 348 g/mol. The molecule has 0 fully saturated rings. The van der Waals surface area contributed by atoms with Crippen molar-refractivity contribution < 1.29 is 17.2 Å². The Kier molecular flexibility index (Phi) is 4.56. The van der Waals surface area contributed by atoms with Gasteiger partial charge in [0.25, 0.3) is 0 Å². The van der Waals surface area contributed by atoms with Gasteiger partial charge in [0.15, 0.2) is 11.6 Å². The average Bonchev–Trinajstić information content (AvgIpc) is 2.46. The lowest BCUT2D eigenvalue weighted by atomic mass is 10.1. The van der Waals surface area contributed by atoms with Gasteiger partial charge in [-0.05, 0) is 18.2 Å². The van der Waals surface area contributed by atoms with Crippen molar-refractivity contribution in [2.45, 2.75) is 4.90 Å². The van der Waals surface area contributed by atoms with Crippen molar-refractivity contribution in [1.29, 1.82) is 0 Å². The van der Waals surface area contributed by atoms with E-state index in [1.54, 1.807) is 0 Å². The summed E-state index contributed by atoms with van der Waals surface area (Å²) in [4.78, 5) is 4.55. The van der Waals surface area contributed by atoms with Crippen molar-refractivity contribution in [3.05, 3.63) is 46.6 Å². The highest BCUT2D eigenvalue weighted by atomic mass is 35.5. The summed E-state index contributed by atoms with van der Waals surface area (Å²) in [6.45, 7) is 0. The summed E-state index contributed by atoms with van der Waals surface area (Å²) in [5.74, 6) is -0.198. The summed E-state index contributed by atoms with van der Waals surface area (Å²) < 4.78 is 51.1. The third-order valence-electron chi connectivity index (χ3n) is 3.00. The number of hydrogen-bond acceptors (Lipinski definition) is 4. The lowest BCUT2D eigenvalue weighted by Crippen LogP contribution is -2.21. The SMILES string of the molecule is C#Cc1c(F)ccc(N(C)c2ncc(Cl)cc2S(N)(=O)=O)c1F. The Labute approximate surface area is 136 Å². The predicted molar refractivity (Wildman–Crippen MR) is 83.0 cm³/mol. The van der Waals surface area contributed by atoms with E-state index in [9.17, 15) is 17.2 Å². The number of hydrogen-bond donors (Lipinski definition) is 1. The molecule has 1 aromatic carbocycles. The first-order valence-corrected chi connectivity index (χ1v) is 7.96. The Morgan fingerprint density at radius 1 is 1.39 bits per heavy atom. The van der Waals surface area contributed by atoms with Crippen LogP contribution in [0, 0.1) is 24.0 Å². The summed E-state index contributed by atoms with van der Waals surface area (Å²) >= 11 is 5.72. The highest BCUT2D eigenvalue weighted by Gasteiger charge is 2.23. The molecule has 1 aromatic heterocycles. The molecule has 0 aliphatic heterocycles. The number of benzene rings is 1. The Morgan fingerprint density at radius 2 is 2.04 bits per heavy atom. The Balaban J connectivity index is 2.68. The second-order valence-corrected chi connectivity index (χ2v) is 6.45. The lowest BCUT2D eigenvalue weighted by molar-refractivity contribution is 0.577. The highest BCUT2D eigenvalue weighted by Crippen LogP contribution is 2.32. The van der Waals surface area contributed by atoms with Crippen LogP contribution in [0.15, 0.2) is 29.3 Å². The van der Waals surface area contributed by atoms with Gasteiger partial charge in [0.1, 0.15) is 10.7 Å². The quantitative estimate of drug-likeness (QED) is 0.856. The van der Waals surface area contributed by atoms with E-state index < -0.39 is 32.1 Å². The number of sulfonamides is 1. The molecule has 0 radical (unpaired) electrons. The fourth-order valence-electron chi connectivity index (χ4n) is 1.92. The van der Waals surface area contributed by atoms with Gasteiger partial charge in [-0.2, -0.15) is 0 Å². The van der Waals surface area contributed by atoms with Gasteiger partial charge in [0, 0.05) is 13.2 Å². The minimum atomic E-state index is -4.17. The number of nitrogens with zero attached hydrogens (tertiary/aromatic N) is 2. The maximum atomic E-state index is 14.3. The van der Waals surface area contributed by atoms with Crippen LogP contribution in [-0.2, 0) is 10.0 Å². The van der Waals surface area contributed by atoms with Crippen molar-refractivity contribution in [2.24, 2.45) is 5.14 Å². The van der Waals surface area contributed by atoms with Gasteiger partial charge in [-0.25, -0.2) is 27.3 Å². The molecule has 0 atom stereocenters. The zero-order valence-electron chi connectivity index (χ0n) is 11.7. The van der Waals surface area contributed by atoms with Gasteiger partial charge in [0.2, 0.25) is 10.0 Å². The third-order valence-corrected chi connectivity index (χ3v) is 4.12. The van der Waals surface area contributed by atoms with E-state index in [1.165, 1.54) is 13.2 Å². The molecule has 0 aliphatic carbocycles. The first kappa shape index (κ1) is 17.1. The normalized spacial score (nSPS) is 11.1. The van der Waals surface area contributed by atoms with Crippen LogP contribution in [0.25, 0.3) is 0 Å². The number of terminal acetylenes is 1. The largest absolute Gasteiger partial charge is 0.326 e. The molecule has 0 aliphatic rings. The number of rotatable bonds is 3. The molecule has 0 amide bonds. The summed E-state index contributed by atoms with van der Waals surface area (Å²) in [6.07, 6.45) is 6.25. The number of halogens is 3. The maximum Gasteiger partial charge on any atom is 0.241 e. The molecule has 2 aromatic rings. The Bertz CT molecular complexity index is 926. The molecule has 0 unspecified atom stereocenters. The molecule has 0 spiro atoms. The van der Waals surface area contributed by atoms with Gasteiger partial charge in [-0.1, -0.05) is 17.5 Å². The first-order chi connectivity index (χ1) is 10.7. The molecule has 1 heterocycles. The van der Waals surface area contributed by atoms with Crippen molar-refractivity contribution in [2.75, 3.05) is 11.9 Å². The Morgan fingerprint density at radius 3 is 2.61 bits per heavy atom. The molecule has 2 rings (SSSR count). The molecule has 0 saturated heterocycles. The number of anilines is 2. The standard InChI is InChI=1S/C14H10ClF2N3O2S/c1-3-9-10(16)4-5-11(13(9)17)20(2)14-12(23(18,21)22)6-8(15)7-19-14/h1,4-7H,2H3,(H2,18,21,22). The molecule has 0 saturated carbocycles. The van der Waals surface area contributed by atoms with E-state index in [2.05, 4.69) is 4.98 Å². The van der Waals surface area contributed by atoms with Crippen LogP contribution in [0.2, 0.25) is 5.02 Å². The van der Waals surface area contributed by atoms with Crippen LogP contribution in [0.4, 0.5) is 20.3 Å². The molecule has 0 bridgehead atoms. The topological polar surface area (TPSA) is 76.3 Å². The van der Waals surface area contributed by atoms with E-state index in [-0.39, 0.29) is 16.5 Å². The highest BCUT2D eigenvalue weighted by molar-refractivity contribution is 7.89. The van der Waals surface area contributed by atoms with Crippen LogP contribution in [0.3, 0.4) is 0 Å². The van der Waals surface area contributed by atoms with Crippen LogP contribution in [-0.4, -0.2) is 20.4 Å². The monoisotopic (exact) mass is 357 g/mol. The predicted octanol–water partition coefficient (Wildman–Crippen LogP) is 2.41. The fraction of sp³-hybridized carbons (Fsp3) is 0.0714. The van der Waals surface area contributed by atoms with E-state index in [4.69, 9.17) is 23.2 Å². The molecule has 2 N–H and O–H groups in total. The summed E-state index contributed by atoms with van der Waals surface area (Å²) in [7, 11) is -2.84. The van der Waals surface area contributed by atoms with Crippen molar-refractivity contribution in [3.63, 3.8) is 0 Å². The van der Waals surface area contributed by atoms with Crippen molar-refractivity contribution in [3.8, 4) is 12.3 Å². The number of primary sulfonamides is 1. The smallest absolute Gasteiger partial charge is 0.241 e. The number of pyridine rings is 1. The van der Waals surface area contributed by atoms with Crippen molar-refractivity contribution >= 4 is 33.1 Å². The zero-order valence-corrected chi connectivity index (χ0v) is 13.3. The van der Waals surface area contributed by atoms with Gasteiger partial charge in [0.05, 0.1) is 16.3 Å². The summed E-state index contributed by atoms with van der Waals surface area (Å²) in [5, 5.41) is 5.16. The van der Waals surface area contributed by atoms with E-state index in [0.29, 0.717) is 0 Å². The lowest BCUT2D eigenvalue weighted by Gasteiger charge is -2.21. The summed E-state index contributed by atoms with van der Waals surface area (Å²) in [6, 6.07) is 3.16. The molecule has 9 heteroatoms. The van der Waals surface area contributed by atoms with Gasteiger partial charge in [-0.15, -0.1) is 6.42 Å². The fourth-order valence-corrected chi connectivity index (χ4v) is 2.88. The molecular formula is C14H10ClF2N3O2S. The van der Waals surface area contributed by atoms with Crippen LogP contribution in [0.5, 0.6) is 0 Å². The van der Waals surface area contributed by atoms with E-state index >= 15 is 0 Å². The van der Waals surface area contributed by atoms with Gasteiger partial charge in [-0.3, -0.25) is 0 Å².